The third kappa shape index (κ3) is 6.03. The Balaban J connectivity index is 1.70. The minimum Gasteiger partial charge on any atom is -0.373 e. The van der Waals surface area contributed by atoms with Gasteiger partial charge in [-0.15, -0.1) is 0 Å². The summed E-state index contributed by atoms with van der Waals surface area (Å²) in [5.74, 6) is -0.209. The van der Waals surface area contributed by atoms with Crippen LogP contribution in [0.5, 0.6) is 0 Å². The average Bonchev–Trinajstić information content (AvgIpc) is 2.76. The van der Waals surface area contributed by atoms with Crippen molar-refractivity contribution in [1.82, 2.24) is 14.1 Å². The summed E-state index contributed by atoms with van der Waals surface area (Å²) in [5, 5.41) is 0.119. The number of nitrogens with zero attached hydrogens (tertiary/aromatic N) is 3. The van der Waals surface area contributed by atoms with Gasteiger partial charge in [0.15, 0.2) is 0 Å². The molecule has 9 heteroatoms. The molecule has 1 heterocycles. The predicted molar refractivity (Wildman–Crippen MR) is 127 cm³/mol. The lowest BCUT2D eigenvalue weighted by Gasteiger charge is -2.34. The molecule has 3 rings (SSSR count). The first kappa shape index (κ1) is 25.4. The summed E-state index contributed by atoms with van der Waals surface area (Å²) in [7, 11) is 0.0337. The molecule has 1 saturated heterocycles. The quantitative estimate of drug-likeness (QED) is 0.591. The van der Waals surface area contributed by atoms with Gasteiger partial charge < -0.3 is 14.5 Å². The van der Waals surface area contributed by atoms with E-state index in [4.69, 9.17) is 16.3 Å². The summed E-state index contributed by atoms with van der Waals surface area (Å²) >= 11 is 6.28. The fraction of sp³-hybridized carbons (Fsp3) is 0.696. The number of rotatable bonds is 7. The fourth-order valence-corrected chi connectivity index (χ4v) is 6.73. The molecule has 2 aliphatic rings. The zero-order valence-electron chi connectivity index (χ0n) is 19.6. The van der Waals surface area contributed by atoms with Crippen LogP contribution in [-0.4, -0.2) is 87.0 Å². The van der Waals surface area contributed by atoms with E-state index in [1.165, 1.54) is 48.5 Å². The van der Waals surface area contributed by atoms with E-state index < -0.39 is 10.0 Å². The molecule has 0 N–H and O–H groups in total. The van der Waals surface area contributed by atoms with E-state index >= 15 is 0 Å². The van der Waals surface area contributed by atoms with Crippen molar-refractivity contribution in [3.63, 3.8) is 0 Å². The van der Waals surface area contributed by atoms with Gasteiger partial charge in [0, 0.05) is 44.8 Å². The zero-order valence-corrected chi connectivity index (χ0v) is 21.2. The van der Waals surface area contributed by atoms with Crippen molar-refractivity contribution in [3.05, 3.63) is 28.8 Å². The molecule has 1 aliphatic heterocycles. The van der Waals surface area contributed by atoms with Gasteiger partial charge in [-0.2, -0.15) is 4.31 Å². The Morgan fingerprint density at radius 2 is 1.72 bits per heavy atom. The molecule has 1 aliphatic carbocycles. The lowest BCUT2D eigenvalue weighted by atomic mass is 9.94. The minimum atomic E-state index is -3.84. The van der Waals surface area contributed by atoms with Gasteiger partial charge in [0.05, 0.1) is 17.2 Å². The van der Waals surface area contributed by atoms with Crippen molar-refractivity contribution in [3.8, 4) is 0 Å². The molecule has 1 aromatic rings. The van der Waals surface area contributed by atoms with Crippen LogP contribution in [0, 0.1) is 0 Å². The molecular weight excluding hydrogens is 450 g/mol. The van der Waals surface area contributed by atoms with Crippen LogP contribution in [0.4, 0.5) is 0 Å². The molecule has 1 saturated carbocycles. The highest BCUT2D eigenvalue weighted by Gasteiger charge is 2.34. The van der Waals surface area contributed by atoms with Crippen LogP contribution >= 0.6 is 11.6 Å². The molecule has 0 aromatic heterocycles. The maximum absolute atomic E-state index is 13.3. The van der Waals surface area contributed by atoms with E-state index in [-0.39, 0.29) is 41.1 Å². The highest BCUT2D eigenvalue weighted by Crippen LogP contribution is 2.28. The van der Waals surface area contributed by atoms with Gasteiger partial charge in [-0.3, -0.25) is 4.79 Å². The monoisotopic (exact) mass is 485 g/mol. The van der Waals surface area contributed by atoms with E-state index in [9.17, 15) is 13.2 Å². The second-order valence-corrected chi connectivity index (χ2v) is 11.5. The largest absolute Gasteiger partial charge is 0.373 e. The zero-order chi connectivity index (χ0) is 23.5. The number of hydrogen-bond acceptors (Lipinski definition) is 5. The lowest BCUT2D eigenvalue weighted by Crippen LogP contribution is -2.48. The Labute approximate surface area is 197 Å². The molecule has 0 bridgehead atoms. The molecule has 2 unspecified atom stereocenters. The van der Waals surface area contributed by atoms with Crippen molar-refractivity contribution in [1.29, 1.82) is 0 Å². The third-order valence-electron chi connectivity index (χ3n) is 6.51. The van der Waals surface area contributed by atoms with E-state index in [0.717, 1.165) is 6.54 Å². The smallest absolute Gasteiger partial charge is 0.253 e. The summed E-state index contributed by atoms with van der Waals surface area (Å²) in [6, 6.07) is 5.08. The molecular formula is C23H36ClN3O4S. The standard InChI is InChI=1S/C23H36ClN3O4S/c1-17-15-27(16-18(2)31-17)32(29,30)22-14-19(10-11-21(22)24)23(28)26(4)13-12-25(3)20-8-6-5-7-9-20/h10-11,14,17-18,20H,5-9,12-13,15-16H2,1-4H3. The van der Waals surface area contributed by atoms with Gasteiger partial charge in [-0.1, -0.05) is 30.9 Å². The Morgan fingerprint density at radius 3 is 2.34 bits per heavy atom. The molecule has 2 fully saturated rings. The van der Waals surface area contributed by atoms with E-state index in [1.54, 1.807) is 18.0 Å². The average molecular weight is 486 g/mol. The Morgan fingerprint density at radius 1 is 1.09 bits per heavy atom. The number of sulfonamides is 1. The maximum Gasteiger partial charge on any atom is 0.253 e. The number of morpholine rings is 1. The first-order chi connectivity index (χ1) is 15.1. The number of carbonyl (C=O) groups excluding carboxylic acids is 1. The summed E-state index contributed by atoms with van der Waals surface area (Å²) in [6.07, 6.45) is 5.87. The van der Waals surface area contributed by atoms with E-state index in [2.05, 4.69) is 11.9 Å². The van der Waals surface area contributed by atoms with Crippen LogP contribution < -0.4 is 0 Å². The molecule has 2 atom stereocenters. The SMILES string of the molecule is CC1CN(S(=O)(=O)c2cc(C(=O)N(C)CCN(C)C3CCCCC3)ccc2Cl)CC(C)O1. The van der Waals surface area contributed by atoms with Crippen LogP contribution in [0.2, 0.25) is 5.02 Å². The van der Waals surface area contributed by atoms with E-state index in [0.29, 0.717) is 18.2 Å². The molecule has 1 amide bonds. The second kappa shape index (κ2) is 10.8. The van der Waals surface area contributed by atoms with Gasteiger partial charge in [-0.05, 0) is 51.9 Å². The van der Waals surface area contributed by atoms with Gasteiger partial charge in [0.25, 0.3) is 5.91 Å². The topological polar surface area (TPSA) is 70.2 Å². The molecule has 32 heavy (non-hydrogen) atoms. The number of hydrogen-bond donors (Lipinski definition) is 0. The minimum absolute atomic E-state index is 0.0287. The highest BCUT2D eigenvalue weighted by molar-refractivity contribution is 7.89. The van der Waals surface area contributed by atoms with Gasteiger partial charge in [0.1, 0.15) is 4.90 Å². The first-order valence-corrected chi connectivity index (χ1v) is 13.3. The maximum atomic E-state index is 13.3. The molecule has 7 nitrogen and oxygen atoms in total. The highest BCUT2D eigenvalue weighted by atomic mass is 35.5. The lowest BCUT2D eigenvalue weighted by molar-refractivity contribution is -0.0440. The van der Waals surface area contributed by atoms with Crippen LogP contribution in [0.3, 0.4) is 0 Å². The van der Waals surface area contributed by atoms with Crippen LogP contribution in [0.1, 0.15) is 56.3 Å². The Bertz CT molecular complexity index is 895. The van der Waals surface area contributed by atoms with Crippen molar-refractivity contribution in [2.24, 2.45) is 0 Å². The summed E-state index contributed by atoms with van der Waals surface area (Å²) < 4.78 is 33.6. The molecule has 180 valence electrons. The van der Waals surface area contributed by atoms with E-state index in [1.807, 2.05) is 13.8 Å². The second-order valence-electron chi connectivity index (χ2n) is 9.22. The number of amides is 1. The van der Waals surface area contributed by atoms with Crippen molar-refractivity contribution < 1.29 is 17.9 Å². The number of carbonyl (C=O) groups is 1. The molecule has 1 aromatic carbocycles. The van der Waals surface area contributed by atoms with Crippen molar-refractivity contribution in [2.75, 3.05) is 40.3 Å². The van der Waals surface area contributed by atoms with Gasteiger partial charge in [0.2, 0.25) is 10.0 Å². The number of halogens is 1. The van der Waals surface area contributed by atoms with Crippen LogP contribution in [-0.2, 0) is 14.8 Å². The molecule has 0 spiro atoms. The number of benzene rings is 1. The number of ether oxygens (including phenoxy) is 1. The van der Waals surface area contributed by atoms with Gasteiger partial charge >= 0.3 is 0 Å². The van der Waals surface area contributed by atoms with Crippen molar-refractivity contribution >= 4 is 27.5 Å². The Kier molecular flexibility index (Phi) is 8.60. The first-order valence-electron chi connectivity index (χ1n) is 11.5. The summed E-state index contributed by atoms with van der Waals surface area (Å²) in [6.45, 7) is 5.57. The summed E-state index contributed by atoms with van der Waals surface area (Å²) in [5.41, 5.74) is 0.324. The fourth-order valence-electron chi connectivity index (χ4n) is 4.63. The number of likely N-dealkylation sites (N-methyl/N-ethyl adjacent to an activating group) is 2. The predicted octanol–water partition coefficient (Wildman–Crippen LogP) is 3.47. The van der Waals surface area contributed by atoms with Crippen LogP contribution in [0.25, 0.3) is 0 Å². The normalized spacial score (nSPS) is 23.4. The third-order valence-corrected chi connectivity index (χ3v) is 8.83. The van der Waals surface area contributed by atoms with Crippen molar-refractivity contribution in [2.45, 2.75) is 69.1 Å². The van der Waals surface area contributed by atoms with Gasteiger partial charge in [-0.25, -0.2) is 8.42 Å². The summed E-state index contributed by atoms with van der Waals surface area (Å²) in [4.78, 5) is 17.0. The Hall–Kier alpha value is -1.19. The molecule has 0 radical (unpaired) electrons. The van der Waals surface area contributed by atoms with Crippen LogP contribution in [0.15, 0.2) is 23.1 Å².